The number of halogens is 6. The molecule has 1 fully saturated rings. The topological polar surface area (TPSA) is 83.5 Å². The zero-order chi connectivity index (χ0) is 23.4. The molecular formula is C20H21BrF5N3O3. The minimum atomic E-state index is -3.04. The molecule has 0 aliphatic heterocycles. The summed E-state index contributed by atoms with van der Waals surface area (Å²) in [5, 5.41) is 14.7. The van der Waals surface area contributed by atoms with Crippen molar-refractivity contribution in [1.82, 2.24) is 15.6 Å². The Kier molecular flexibility index (Phi) is 8.23. The van der Waals surface area contributed by atoms with Gasteiger partial charge in [0.2, 0.25) is 6.36 Å². The van der Waals surface area contributed by atoms with Gasteiger partial charge in [-0.1, -0.05) is 0 Å². The number of rotatable bonds is 8. The molecule has 1 aliphatic rings. The maximum absolute atomic E-state index is 12.9. The summed E-state index contributed by atoms with van der Waals surface area (Å²) >= 11 is 3.15. The fraction of sp³-hybridized carbons (Fsp3) is 0.500. The van der Waals surface area contributed by atoms with Gasteiger partial charge in [0.15, 0.2) is 0 Å². The molecule has 2 unspecified atom stereocenters. The molecule has 6 nitrogen and oxygen atoms in total. The average Bonchev–Trinajstić information content (AvgIpc) is 2.72. The van der Waals surface area contributed by atoms with Gasteiger partial charge >= 0.3 is 6.61 Å². The summed E-state index contributed by atoms with van der Waals surface area (Å²) in [7, 11) is 0. The molecular weight excluding hydrogens is 505 g/mol. The van der Waals surface area contributed by atoms with Crippen LogP contribution in [0.3, 0.4) is 0 Å². The zero-order valence-corrected chi connectivity index (χ0v) is 18.2. The van der Waals surface area contributed by atoms with Crippen molar-refractivity contribution in [2.45, 2.75) is 63.2 Å². The third kappa shape index (κ3) is 6.26. The fourth-order valence-corrected chi connectivity index (χ4v) is 4.11. The molecule has 176 valence electrons. The number of hydrogen-bond acceptors (Lipinski definition) is 5. The fourth-order valence-electron chi connectivity index (χ4n) is 3.66. The standard InChI is InChI=1S/C20H21BrF5N3O3/c21-13-6-9-5-10(8-27-14(9)7-15(13)32-20(25)26)19(31)29-12-3-1-11(2-4-12)28-16(17(22)23)18(24)30/h5-8,11-12,16-18,20,28,30H,1-4H2,(H,29,31). The summed E-state index contributed by atoms with van der Waals surface area (Å²) in [5.41, 5.74) is 0.640. The molecule has 0 radical (unpaired) electrons. The molecule has 3 rings (SSSR count). The number of aliphatic hydroxyl groups excluding tert-OH is 1. The number of nitrogens with one attached hydrogen (secondary N) is 2. The lowest BCUT2D eigenvalue weighted by Gasteiger charge is -2.32. The van der Waals surface area contributed by atoms with Gasteiger partial charge < -0.3 is 20.5 Å². The highest BCUT2D eigenvalue weighted by Gasteiger charge is 2.32. The lowest BCUT2D eigenvalue weighted by Crippen LogP contribution is -2.51. The molecule has 1 heterocycles. The molecule has 0 saturated heterocycles. The maximum atomic E-state index is 12.9. The Morgan fingerprint density at radius 1 is 1.09 bits per heavy atom. The molecule has 1 aromatic carbocycles. The number of ether oxygens (including phenoxy) is 1. The zero-order valence-electron chi connectivity index (χ0n) is 16.6. The Morgan fingerprint density at radius 2 is 1.75 bits per heavy atom. The first kappa shape index (κ1) is 24.6. The highest BCUT2D eigenvalue weighted by Crippen LogP contribution is 2.31. The minimum absolute atomic E-state index is 0.0723. The molecule has 3 N–H and O–H groups in total. The van der Waals surface area contributed by atoms with E-state index >= 15 is 0 Å². The highest BCUT2D eigenvalue weighted by atomic mass is 79.9. The highest BCUT2D eigenvalue weighted by molar-refractivity contribution is 9.10. The molecule has 0 bridgehead atoms. The first-order valence-corrected chi connectivity index (χ1v) is 10.6. The van der Waals surface area contributed by atoms with Crippen LogP contribution >= 0.6 is 15.9 Å². The van der Waals surface area contributed by atoms with Crippen molar-refractivity contribution in [3.63, 3.8) is 0 Å². The largest absolute Gasteiger partial charge is 0.434 e. The van der Waals surface area contributed by atoms with E-state index < -0.39 is 31.5 Å². The molecule has 2 atom stereocenters. The molecule has 32 heavy (non-hydrogen) atoms. The minimum Gasteiger partial charge on any atom is -0.434 e. The van der Waals surface area contributed by atoms with Crippen LogP contribution < -0.4 is 15.4 Å². The van der Waals surface area contributed by atoms with E-state index in [0.29, 0.717) is 36.6 Å². The number of fused-ring (bicyclic) bond motifs is 1. The summed E-state index contributed by atoms with van der Waals surface area (Å²) in [6.07, 6.45) is -2.55. The average molecular weight is 526 g/mol. The van der Waals surface area contributed by atoms with Gasteiger partial charge in [-0.05, 0) is 53.7 Å². The van der Waals surface area contributed by atoms with Gasteiger partial charge in [0.25, 0.3) is 12.3 Å². The Hall–Kier alpha value is -2.05. The van der Waals surface area contributed by atoms with E-state index in [1.54, 1.807) is 6.07 Å². The van der Waals surface area contributed by atoms with Gasteiger partial charge in [0.1, 0.15) is 11.8 Å². The first-order chi connectivity index (χ1) is 15.1. The second-order valence-corrected chi connectivity index (χ2v) is 8.35. The number of hydrogen-bond donors (Lipinski definition) is 3. The Bertz CT molecular complexity index is 934. The van der Waals surface area contributed by atoms with Crippen LogP contribution in [-0.4, -0.2) is 53.5 Å². The van der Waals surface area contributed by atoms with Gasteiger partial charge in [-0.3, -0.25) is 9.78 Å². The third-order valence-corrected chi connectivity index (χ3v) is 5.89. The molecule has 1 aliphatic carbocycles. The lowest BCUT2D eigenvalue weighted by atomic mass is 9.90. The number of benzene rings is 1. The van der Waals surface area contributed by atoms with Crippen LogP contribution in [-0.2, 0) is 0 Å². The van der Waals surface area contributed by atoms with Gasteiger partial charge in [-0.25, -0.2) is 13.2 Å². The van der Waals surface area contributed by atoms with Crippen molar-refractivity contribution in [1.29, 1.82) is 0 Å². The van der Waals surface area contributed by atoms with Gasteiger partial charge in [0, 0.05) is 29.7 Å². The van der Waals surface area contributed by atoms with Crippen molar-refractivity contribution in [3.05, 3.63) is 34.4 Å². The van der Waals surface area contributed by atoms with Crippen LogP contribution in [0.5, 0.6) is 5.75 Å². The summed E-state index contributed by atoms with van der Waals surface area (Å²) in [6, 6.07) is 1.88. The Balaban J connectivity index is 1.59. The number of alkyl halides is 5. The SMILES string of the molecule is O=C(NC1CCC(NC(C(O)F)C(F)F)CC1)c1cnc2cc(OC(F)F)c(Br)cc2c1. The second kappa shape index (κ2) is 10.7. The van der Waals surface area contributed by atoms with E-state index in [1.807, 2.05) is 0 Å². The van der Waals surface area contributed by atoms with Crippen LogP contribution in [0.2, 0.25) is 0 Å². The Labute approximate surface area is 188 Å². The van der Waals surface area contributed by atoms with E-state index in [9.17, 15) is 26.7 Å². The van der Waals surface area contributed by atoms with Crippen LogP contribution in [0.15, 0.2) is 28.9 Å². The summed E-state index contributed by atoms with van der Waals surface area (Å²) < 4.78 is 68.1. The van der Waals surface area contributed by atoms with E-state index in [0.717, 1.165) is 0 Å². The van der Waals surface area contributed by atoms with Crippen LogP contribution in [0, 0.1) is 0 Å². The first-order valence-electron chi connectivity index (χ1n) is 9.85. The number of nitrogens with zero attached hydrogens (tertiary/aromatic N) is 1. The smallest absolute Gasteiger partial charge is 0.387 e. The van der Waals surface area contributed by atoms with E-state index in [2.05, 4.69) is 36.3 Å². The summed E-state index contributed by atoms with van der Waals surface area (Å²) in [5.74, 6) is -0.457. The van der Waals surface area contributed by atoms with Crippen LogP contribution in [0.25, 0.3) is 10.9 Å². The van der Waals surface area contributed by atoms with Crippen molar-refractivity contribution in [3.8, 4) is 5.75 Å². The van der Waals surface area contributed by atoms with Crippen LogP contribution in [0.1, 0.15) is 36.0 Å². The van der Waals surface area contributed by atoms with Crippen molar-refractivity contribution in [2.24, 2.45) is 0 Å². The van der Waals surface area contributed by atoms with Crippen molar-refractivity contribution >= 4 is 32.7 Å². The molecule has 1 saturated carbocycles. The third-order valence-electron chi connectivity index (χ3n) is 5.27. The number of carbonyl (C=O) groups is 1. The normalized spacial score (nSPS) is 21.0. The maximum Gasteiger partial charge on any atom is 0.387 e. The molecule has 0 spiro atoms. The molecule has 12 heteroatoms. The number of amides is 1. The van der Waals surface area contributed by atoms with Gasteiger partial charge in [-0.2, -0.15) is 8.78 Å². The monoisotopic (exact) mass is 525 g/mol. The van der Waals surface area contributed by atoms with E-state index in [1.165, 1.54) is 18.3 Å². The van der Waals surface area contributed by atoms with Crippen molar-refractivity contribution in [2.75, 3.05) is 0 Å². The number of aromatic nitrogens is 1. The predicted molar refractivity (Wildman–Crippen MR) is 110 cm³/mol. The summed E-state index contributed by atoms with van der Waals surface area (Å²) in [6.45, 7) is -2.98. The number of aliphatic hydroxyl groups is 1. The van der Waals surface area contributed by atoms with Crippen molar-refractivity contribution < 1.29 is 36.6 Å². The van der Waals surface area contributed by atoms with Gasteiger partial charge in [0.05, 0.1) is 15.6 Å². The summed E-state index contributed by atoms with van der Waals surface area (Å²) in [4.78, 5) is 16.7. The quantitative estimate of drug-likeness (QED) is 0.451. The second-order valence-electron chi connectivity index (χ2n) is 7.50. The van der Waals surface area contributed by atoms with E-state index in [4.69, 9.17) is 5.11 Å². The molecule has 2 aromatic rings. The van der Waals surface area contributed by atoms with Crippen LogP contribution in [0.4, 0.5) is 22.0 Å². The molecule has 1 amide bonds. The number of pyridine rings is 1. The van der Waals surface area contributed by atoms with Gasteiger partial charge in [-0.15, -0.1) is 0 Å². The Morgan fingerprint density at radius 3 is 2.34 bits per heavy atom. The lowest BCUT2D eigenvalue weighted by molar-refractivity contribution is -0.0561. The molecule has 1 aromatic heterocycles. The van der Waals surface area contributed by atoms with E-state index in [-0.39, 0.29) is 27.7 Å². The number of carbonyl (C=O) groups excluding carboxylic acids is 1. The predicted octanol–water partition coefficient (Wildman–Crippen LogP) is 4.15.